The molecule has 6 heteroatoms. The maximum Gasteiger partial charge on any atom is 0.274 e. The highest BCUT2D eigenvalue weighted by atomic mass is 16.5. The molecule has 0 saturated heterocycles. The Morgan fingerprint density at radius 3 is 2.48 bits per heavy atom. The van der Waals surface area contributed by atoms with Gasteiger partial charge in [0.25, 0.3) is 11.5 Å². The fraction of sp³-hybridized carbons (Fsp3) is 0.421. The first kappa shape index (κ1) is 18.7. The summed E-state index contributed by atoms with van der Waals surface area (Å²) in [6, 6.07) is 10.5. The number of rotatable bonds is 8. The summed E-state index contributed by atoms with van der Waals surface area (Å²) < 4.78 is 6.52. The van der Waals surface area contributed by atoms with Gasteiger partial charge in [-0.25, -0.2) is 4.68 Å². The van der Waals surface area contributed by atoms with Gasteiger partial charge in [0, 0.05) is 25.7 Å². The van der Waals surface area contributed by atoms with E-state index in [9.17, 15) is 9.59 Å². The molecule has 1 aromatic carbocycles. The van der Waals surface area contributed by atoms with Gasteiger partial charge in [-0.05, 0) is 37.1 Å². The molecular formula is C19H25N3O3. The quantitative estimate of drug-likeness (QED) is 0.739. The molecule has 0 radical (unpaired) electrons. The Morgan fingerprint density at radius 2 is 1.88 bits per heavy atom. The smallest absolute Gasteiger partial charge is 0.274 e. The van der Waals surface area contributed by atoms with E-state index >= 15 is 0 Å². The number of hydrogen-bond acceptors (Lipinski definition) is 4. The molecule has 6 nitrogen and oxygen atoms in total. The number of unbranched alkanes of at least 4 members (excludes halogenated alkanes) is 1. The van der Waals surface area contributed by atoms with Crippen LogP contribution < -0.4 is 10.3 Å². The van der Waals surface area contributed by atoms with Crippen molar-refractivity contribution in [3.63, 3.8) is 0 Å². The highest BCUT2D eigenvalue weighted by Crippen LogP contribution is 2.14. The monoisotopic (exact) mass is 343 g/mol. The standard InChI is InChI=1S/C19H25N3O3/c1-4-6-13-22-18(23)12-11-17(20-22)19(24)21(5-2)14-15-7-9-16(25-3)10-8-15/h7-12H,4-6,13-14H2,1-3H3. The van der Waals surface area contributed by atoms with Crippen LogP contribution in [-0.4, -0.2) is 34.2 Å². The minimum atomic E-state index is -0.178. The van der Waals surface area contributed by atoms with Crippen LogP contribution in [0.15, 0.2) is 41.2 Å². The highest BCUT2D eigenvalue weighted by Gasteiger charge is 2.17. The van der Waals surface area contributed by atoms with Crippen LogP contribution in [-0.2, 0) is 13.1 Å². The summed E-state index contributed by atoms with van der Waals surface area (Å²) in [4.78, 5) is 26.3. The van der Waals surface area contributed by atoms with Gasteiger partial charge < -0.3 is 9.64 Å². The molecule has 0 unspecified atom stereocenters. The number of methoxy groups -OCH3 is 1. The molecular weight excluding hydrogens is 318 g/mol. The number of amides is 1. The van der Waals surface area contributed by atoms with Gasteiger partial charge in [0.1, 0.15) is 11.4 Å². The number of ether oxygens (including phenoxy) is 1. The SMILES string of the molecule is CCCCn1nc(C(=O)N(CC)Cc2ccc(OC)cc2)ccc1=O. The van der Waals surface area contributed by atoms with E-state index in [1.54, 1.807) is 12.0 Å². The van der Waals surface area contributed by atoms with Gasteiger partial charge in [0.2, 0.25) is 0 Å². The summed E-state index contributed by atoms with van der Waals surface area (Å²) in [7, 11) is 1.62. The lowest BCUT2D eigenvalue weighted by Gasteiger charge is -2.21. The number of hydrogen-bond donors (Lipinski definition) is 0. The minimum absolute atomic E-state index is 0.177. The molecule has 1 heterocycles. The molecule has 0 N–H and O–H groups in total. The molecule has 0 spiro atoms. The van der Waals surface area contributed by atoms with Crippen LogP contribution in [0.2, 0.25) is 0 Å². The lowest BCUT2D eigenvalue weighted by Crippen LogP contribution is -2.33. The summed E-state index contributed by atoms with van der Waals surface area (Å²) in [6.45, 7) is 5.54. The van der Waals surface area contributed by atoms with Crippen molar-refractivity contribution in [2.24, 2.45) is 0 Å². The molecule has 0 fully saturated rings. The number of carbonyl (C=O) groups is 1. The van der Waals surface area contributed by atoms with Crippen molar-refractivity contribution in [3.05, 3.63) is 58.0 Å². The Labute approximate surface area is 148 Å². The molecule has 0 saturated carbocycles. The van der Waals surface area contributed by atoms with Gasteiger partial charge in [-0.1, -0.05) is 25.5 Å². The van der Waals surface area contributed by atoms with E-state index in [2.05, 4.69) is 5.10 Å². The zero-order chi connectivity index (χ0) is 18.2. The maximum absolute atomic E-state index is 12.8. The van der Waals surface area contributed by atoms with E-state index < -0.39 is 0 Å². The topological polar surface area (TPSA) is 64.4 Å². The third kappa shape index (κ3) is 4.92. The van der Waals surface area contributed by atoms with Crippen LogP contribution >= 0.6 is 0 Å². The second kappa shape index (κ2) is 9.01. The lowest BCUT2D eigenvalue weighted by molar-refractivity contribution is 0.0743. The number of aryl methyl sites for hydroxylation is 1. The molecule has 0 aliphatic heterocycles. The summed E-state index contributed by atoms with van der Waals surface area (Å²) in [5, 5.41) is 4.24. The Balaban J connectivity index is 2.16. The van der Waals surface area contributed by atoms with Gasteiger partial charge in [0.05, 0.1) is 7.11 Å². The second-order valence-corrected chi connectivity index (χ2v) is 5.80. The zero-order valence-corrected chi connectivity index (χ0v) is 15.1. The molecule has 2 aromatic rings. The summed E-state index contributed by atoms with van der Waals surface area (Å²) in [6.07, 6.45) is 1.82. The predicted octanol–water partition coefficient (Wildman–Crippen LogP) is 2.71. The first-order chi connectivity index (χ1) is 12.1. The molecule has 0 bridgehead atoms. The molecule has 0 atom stereocenters. The van der Waals surface area contributed by atoms with Crippen molar-refractivity contribution in [2.75, 3.05) is 13.7 Å². The Hall–Kier alpha value is -2.63. The van der Waals surface area contributed by atoms with Crippen molar-refractivity contribution >= 4 is 5.91 Å². The van der Waals surface area contributed by atoms with Crippen LogP contribution in [0.25, 0.3) is 0 Å². The summed E-state index contributed by atoms with van der Waals surface area (Å²) in [5.41, 5.74) is 1.13. The van der Waals surface area contributed by atoms with Crippen LogP contribution in [0.1, 0.15) is 42.7 Å². The number of carbonyl (C=O) groups excluding carboxylic acids is 1. The Bertz CT molecular complexity index is 753. The molecule has 1 aromatic heterocycles. The molecule has 134 valence electrons. The fourth-order valence-electron chi connectivity index (χ4n) is 2.47. The largest absolute Gasteiger partial charge is 0.497 e. The van der Waals surface area contributed by atoms with E-state index in [0.717, 1.165) is 24.2 Å². The summed E-state index contributed by atoms with van der Waals surface area (Å²) in [5.74, 6) is 0.603. The van der Waals surface area contributed by atoms with Gasteiger partial charge in [-0.3, -0.25) is 9.59 Å². The van der Waals surface area contributed by atoms with Crippen molar-refractivity contribution in [1.29, 1.82) is 0 Å². The summed E-state index contributed by atoms with van der Waals surface area (Å²) >= 11 is 0. The molecule has 0 aliphatic rings. The maximum atomic E-state index is 12.8. The number of nitrogens with zero attached hydrogens (tertiary/aromatic N) is 3. The van der Waals surface area contributed by atoms with Crippen LogP contribution in [0.3, 0.4) is 0 Å². The predicted molar refractivity (Wildman–Crippen MR) is 96.8 cm³/mol. The van der Waals surface area contributed by atoms with Crippen molar-refractivity contribution in [2.45, 2.75) is 39.8 Å². The third-order valence-electron chi connectivity index (χ3n) is 4.01. The highest BCUT2D eigenvalue weighted by molar-refractivity contribution is 5.92. The van der Waals surface area contributed by atoms with Gasteiger partial charge in [0.15, 0.2) is 0 Å². The van der Waals surface area contributed by atoms with Crippen molar-refractivity contribution in [3.8, 4) is 5.75 Å². The molecule has 0 aliphatic carbocycles. The van der Waals surface area contributed by atoms with Gasteiger partial charge >= 0.3 is 0 Å². The van der Waals surface area contributed by atoms with Crippen LogP contribution in [0.4, 0.5) is 0 Å². The van der Waals surface area contributed by atoms with E-state index in [1.807, 2.05) is 38.1 Å². The van der Waals surface area contributed by atoms with E-state index in [4.69, 9.17) is 4.74 Å². The average molecular weight is 343 g/mol. The Morgan fingerprint density at radius 1 is 1.16 bits per heavy atom. The zero-order valence-electron chi connectivity index (χ0n) is 15.1. The van der Waals surface area contributed by atoms with Crippen molar-refractivity contribution < 1.29 is 9.53 Å². The van der Waals surface area contributed by atoms with E-state index in [0.29, 0.717) is 25.3 Å². The minimum Gasteiger partial charge on any atom is -0.497 e. The fourth-order valence-corrected chi connectivity index (χ4v) is 2.47. The van der Waals surface area contributed by atoms with Gasteiger partial charge in [-0.2, -0.15) is 5.10 Å². The normalized spacial score (nSPS) is 10.5. The third-order valence-corrected chi connectivity index (χ3v) is 4.01. The lowest BCUT2D eigenvalue weighted by atomic mass is 10.2. The second-order valence-electron chi connectivity index (χ2n) is 5.80. The molecule has 25 heavy (non-hydrogen) atoms. The molecule has 1 amide bonds. The number of benzene rings is 1. The van der Waals surface area contributed by atoms with Crippen LogP contribution in [0, 0.1) is 0 Å². The first-order valence-electron chi connectivity index (χ1n) is 8.59. The average Bonchev–Trinajstić information content (AvgIpc) is 2.65. The van der Waals surface area contributed by atoms with E-state index in [1.165, 1.54) is 16.8 Å². The van der Waals surface area contributed by atoms with Crippen molar-refractivity contribution in [1.82, 2.24) is 14.7 Å². The first-order valence-corrected chi connectivity index (χ1v) is 8.59. The number of aromatic nitrogens is 2. The van der Waals surface area contributed by atoms with Crippen LogP contribution in [0.5, 0.6) is 5.75 Å². The van der Waals surface area contributed by atoms with Gasteiger partial charge in [-0.15, -0.1) is 0 Å². The Kier molecular flexibility index (Phi) is 6.74. The van der Waals surface area contributed by atoms with E-state index in [-0.39, 0.29) is 11.5 Å². The molecule has 2 rings (SSSR count).